The van der Waals surface area contributed by atoms with Crippen molar-refractivity contribution in [2.24, 2.45) is 5.92 Å². The zero-order valence-electron chi connectivity index (χ0n) is 16.2. The average Bonchev–Trinajstić information content (AvgIpc) is 2.67. The molecule has 2 heterocycles. The Morgan fingerprint density at radius 1 is 1.31 bits per heavy atom. The van der Waals surface area contributed by atoms with Gasteiger partial charge in [-0.25, -0.2) is 0 Å². The van der Waals surface area contributed by atoms with Gasteiger partial charge >= 0.3 is 0 Å². The van der Waals surface area contributed by atoms with E-state index in [1.807, 2.05) is 30.9 Å². The van der Waals surface area contributed by atoms with Crippen molar-refractivity contribution in [3.8, 4) is 5.75 Å². The van der Waals surface area contributed by atoms with Crippen molar-refractivity contribution in [1.29, 1.82) is 0 Å². The zero-order valence-corrected chi connectivity index (χ0v) is 16.2. The number of amides is 1. The summed E-state index contributed by atoms with van der Waals surface area (Å²) in [5.41, 5.74) is 2.18. The van der Waals surface area contributed by atoms with E-state index in [0.29, 0.717) is 6.04 Å². The molecular weight excluding hydrogens is 326 g/mol. The Labute approximate surface area is 156 Å². The minimum atomic E-state index is 0.0856. The van der Waals surface area contributed by atoms with Crippen molar-refractivity contribution in [2.75, 3.05) is 27.2 Å². The van der Waals surface area contributed by atoms with Crippen LogP contribution in [-0.4, -0.2) is 54.0 Å². The standard InChI is InChI=1S/C21H29N3O2/c1-15(2)21(25)24-12-9-17(10-13-24)23(3)14-16-7-8-19(26-4)20-18(16)6-5-11-22-20/h5-8,11,15,17H,9-10,12-14H2,1-4H3. The number of nitrogens with zero attached hydrogens (tertiary/aromatic N) is 3. The highest BCUT2D eigenvalue weighted by atomic mass is 16.5. The number of benzene rings is 1. The van der Waals surface area contributed by atoms with Gasteiger partial charge in [0, 0.05) is 43.2 Å². The first-order valence-electron chi connectivity index (χ1n) is 9.41. The molecule has 5 nitrogen and oxygen atoms in total. The summed E-state index contributed by atoms with van der Waals surface area (Å²) < 4.78 is 5.44. The first kappa shape index (κ1) is 18.6. The zero-order chi connectivity index (χ0) is 18.7. The Balaban J connectivity index is 1.69. The van der Waals surface area contributed by atoms with Gasteiger partial charge in [-0.2, -0.15) is 0 Å². The third kappa shape index (κ3) is 3.83. The summed E-state index contributed by atoms with van der Waals surface area (Å²) in [6, 6.07) is 8.72. The van der Waals surface area contributed by atoms with Crippen LogP contribution in [0.5, 0.6) is 5.75 Å². The topological polar surface area (TPSA) is 45.7 Å². The van der Waals surface area contributed by atoms with Gasteiger partial charge in [-0.05, 0) is 37.6 Å². The van der Waals surface area contributed by atoms with E-state index in [1.165, 1.54) is 5.56 Å². The van der Waals surface area contributed by atoms with Crippen LogP contribution in [0.2, 0.25) is 0 Å². The Morgan fingerprint density at radius 3 is 2.69 bits per heavy atom. The summed E-state index contributed by atoms with van der Waals surface area (Å²) in [5.74, 6) is 1.17. The maximum Gasteiger partial charge on any atom is 0.225 e. The summed E-state index contributed by atoms with van der Waals surface area (Å²) in [6.07, 6.45) is 3.86. The number of likely N-dealkylation sites (tertiary alicyclic amines) is 1. The molecule has 0 unspecified atom stereocenters. The number of rotatable bonds is 5. The Kier molecular flexibility index (Phi) is 5.77. The van der Waals surface area contributed by atoms with E-state index in [9.17, 15) is 4.79 Å². The first-order valence-corrected chi connectivity index (χ1v) is 9.41. The molecule has 1 aliphatic heterocycles. The van der Waals surface area contributed by atoms with Crippen LogP contribution < -0.4 is 4.74 Å². The van der Waals surface area contributed by atoms with Crippen molar-refractivity contribution < 1.29 is 9.53 Å². The second-order valence-corrected chi connectivity index (χ2v) is 7.45. The maximum absolute atomic E-state index is 12.2. The number of hydrogen-bond donors (Lipinski definition) is 0. The third-order valence-electron chi connectivity index (χ3n) is 5.36. The summed E-state index contributed by atoms with van der Waals surface area (Å²) in [4.78, 5) is 21.1. The Hall–Kier alpha value is -2.14. The number of piperidine rings is 1. The largest absolute Gasteiger partial charge is 0.494 e. The van der Waals surface area contributed by atoms with E-state index in [0.717, 1.165) is 49.1 Å². The lowest BCUT2D eigenvalue weighted by Crippen LogP contribution is -2.46. The fourth-order valence-corrected chi connectivity index (χ4v) is 3.80. The third-order valence-corrected chi connectivity index (χ3v) is 5.36. The lowest BCUT2D eigenvalue weighted by atomic mass is 10.0. The minimum Gasteiger partial charge on any atom is -0.494 e. The van der Waals surface area contributed by atoms with Crippen molar-refractivity contribution in [3.63, 3.8) is 0 Å². The van der Waals surface area contributed by atoms with Crippen molar-refractivity contribution in [1.82, 2.24) is 14.8 Å². The molecule has 1 aromatic heterocycles. The van der Waals surface area contributed by atoms with Crippen molar-refractivity contribution >= 4 is 16.8 Å². The number of methoxy groups -OCH3 is 1. The van der Waals surface area contributed by atoms with Gasteiger partial charge in [0.2, 0.25) is 5.91 Å². The summed E-state index contributed by atoms with van der Waals surface area (Å²) in [6.45, 7) is 6.54. The van der Waals surface area contributed by atoms with E-state index < -0.39 is 0 Å². The predicted molar refractivity (Wildman–Crippen MR) is 104 cm³/mol. The van der Waals surface area contributed by atoms with Gasteiger partial charge in [0.05, 0.1) is 7.11 Å². The van der Waals surface area contributed by atoms with Gasteiger partial charge < -0.3 is 9.64 Å². The summed E-state index contributed by atoms with van der Waals surface area (Å²) in [7, 11) is 3.86. The Bertz CT molecular complexity index is 767. The lowest BCUT2D eigenvalue weighted by Gasteiger charge is -2.37. The van der Waals surface area contributed by atoms with E-state index in [4.69, 9.17) is 4.74 Å². The molecule has 0 bridgehead atoms. The number of pyridine rings is 1. The molecular formula is C21H29N3O2. The van der Waals surface area contributed by atoms with E-state index in [1.54, 1.807) is 13.3 Å². The smallest absolute Gasteiger partial charge is 0.225 e. The molecule has 0 atom stereocenters. The predicted octanol–water partition coefficient (Wildman–Crippen LogP) is 3.32. The van der Waals surface area contributed by atoms with Crippen LogP contribution in [-0.2, 0) is 11.3 Å². The van der Waals surface area contributed by atoms with E-state index in [-0.39, 0.29) is 11.8 Å². The first-order chi connectivity index (χ1) is 12.5. The summed E-state index contributed by atoms with van der Waals surface area (Å²) >= 11 is 0. The van der Waals surface area contributed by atoms with Crippen LogP contribution in [0, 0.1) is 5.92 Å². The number of fused-ring (bicyclic) bond motifs is 1. The van der Waals surface area contributed by atoms with Gasteiger partial charge in [0.25, 0.3) is 0 Å². The highest BCUT2D eigenvalue weighted by Gasteiger charge is 2.26. The molecule has 1 amide bonds. The molecule has 140 valence electrons. The number of hydrogen-bond acceptors (Lipinski definition) is 4. The normalized spacial score (nSPS) is 15.8. The molecule has 0 aliphatic carbocycles. The second-order valence-electron chi connectivity index (χ2n) is 7.45. The molecule has 3 rings (SSSR count). The second kappa shape index (κ2) is 8.04. The van der Waals surface area contributed by atoms with E-state index >= 15 is 0 Å². The summed E-state index contributed by atoms with van der Waals surface area (Å²) in [5, 5.41) is 1.14. The van der Waals surface area contributed by atoms with E-state index in [2.05, 4.69) is 29.1 Å². The number of ether oxygens (including phenoxy) is 1. The van der Waals surface area contributed by atoms with Gasteiger partial charge in [-0.3, -0.25) is 14.7 Å². The van der Waals surface area contributed by atoms with Crippen molar-refractivity contribution in [3.05, 3.63) is 36.0 Å². The molecule has 0 saturated carbocycles. The van der Waals surface area contributed by atoms with Crippen molar-refractivity contribution in [2.45, 2.75) is 39.3 Å². The van der Waals surface area contributed by atoms with Crippen LogP contribution in [0.25, 0.3) is 10.9 Å². The monoisotopic (exact) mass is 355 g/mol. The lowest BCUT2D eigenvalue weighted by molar-refractivity contribution is -0.136. The molecule has 1 fully saturated rings. The van der Waals surface area contributed by atoms with Crippen LogP contribution in [0.1, 0.15) is 32.3 Å². The molecule has 2 aromatic rings. The van der Waals surface area contributed by atoms with Crippen LogP contribution in [0.15, 0.2) is 30.5 Å². The molecule has 0 N–H and O–H groups in total. The van der Waals surface area contributed by atoms with Crippen LogP contribution in [0.3, 0.4) is 0 Å². The molecule has 26 heavy (non-hydrogen) atoms. The molecule has 5 heteroatoms. The van der Waals surface area contributed by atoms with Gasteiger partial charge in [-0.1, -0.05) is 26.0 Å². The highest BCUT2D eigenvalue weighted by Crippen LogP contribution is 2.28. The minimum absolute atomic E-state index is 0.0856. The Morgan fingerprint density at radius 2 is 2.04 bits per heavy atom. The fraction of sp³-hybridized carbons (Fsp3) is 0.524. The molecule has 1 saturated heterocycles. The van der Waals surface area contributed by atoms with Crippen LogP contribution in [0.4, 0.5) is 0 Å². The molecule has 1 aliphatic rings. The SMILES string of the molecule is COc1ccc(CN(C)C2CCN(C(=O)C(C)C)CC2)c2cccnc12. The number of carbonyl (C=O) groups excluding carboxylic acids is 1. The average molecular weight is 355 g/mol. The molecule has 0 radical (unpaired) electrons. The fourth-order valence-electron chi connectivity index (χ4n) is 3.80. The van der Waals surface area contributed by atoms with Crippen LogP contribution >= 0.6 is 0 Å². The molecule has 1 aromatic carbocycles. The number of carbonyl (C=O) groups is 1. The highest BCUT2D eigenvalue weighted by molar-refractivity contribution is 5.87. The quantitative estimate of drug-likeness (QED) is 0.825. The van der Waals surface area contributed by atoms with Gasteiger partial charge in [0.1, 0.15) is 11.3 Å². The molecule has 0 spiro atoms. The van der Waals surface area contributed by atoms with Gasteiger partial charge in [-0.15, -0.1) is 0 Å². The number of aromatic nitrogens is 1. The maximum atomic E-state index is 12.2. The van der Waals surface area contributed by atoms with Gasteiger partial charge in [0.15, 0.2) is 0 Å².